The Kier molecular flexibility index (Phi) is 47.4. The fraction of sp³-hybridized carbons (Fsp3) is 0.667. The van der Waals surface area contributed by atoms with Crippen LogP contribution in [-0.2, 0) is 9.59 Å². The van der Waals surface area contributed by atoms with Crippen molar-refractivity contribution in [2.24, 2.45) is 0 Å². The van der Waals surface area contributed by atoms with Crippen LogP contribution in [0.15, 0.2) is 0 Å². The second kappa shape index (κ2) is 23.1. The molecule has 0 unspecified atom stereocenters. The van der Waals surface area contributed by atoms with Crippen molar-refractivity contribution in [1.82, 2.24) is 6.15 Å². The lowest BCUT2D eigenvalue weighted by Gasteiger charge is -1.59. The summed E-state index contributed by atoms with van der Waals surface area (Å²) < 4.78 is 0. The minimum Gasteiger partial charge on any atom is -0.481 e. The highest BCUT2D eigenvalue weighted by atomic mass is 16.4. The number of aliphatic carboxylic acids is 2. The van der Waals surface area contributed by atoms with Crippen LogP contribution in [0.3, 0.4) is 0 Å². The molecule has 0 rings (SSSR count). The first-order chi connectivity index (χ1) is 4.46. The first-order valence-electron chi connectivity index (χ1n) is 2.86. The van der Waals surface area contributed by atoms with Gasteiger partial charge in [0.15, 0.2) is 0 Å². The molecule has 5 N–H and O–H groups in total. The molecule has 11 heavy (non-hydrogen) atoms. The van der Waals surface area contributed by atoms with Crippen molar-refractivity contribution in [3.8, 4) is 0 Å². The number of rotatable bonds is 0. The highest BCUT2D eigenvalue weighted by molar-refractivity contribution is 5.63. The Morgan fingerprint density at radius 2 is 0.909 bits per heavy atom. The molecule has 0 aliphatic rings. The number of carboxylic acid groups (broad SMARTS) is 2. The summed E-state index contributed by atoms with van der Waals surface area (Å²) in [7, 11) is 0. The molecule has 0 saturated heterocycles. The summed E-state index contributed by atoms with van der Waals surface area (Å²) in [6, 6.07) is 0. The van der Waals surface area contributed by atoms with Crippen molar-refractivity contribution in [1.29, 1.82) is 0 Å². The molecular formula is C6H17NO4. The fourth-order valence-corrected chi connectivity index (χ4v) is 0. The molecule has 0 amide bonds. The maximum atomic E-state index is 9.00. The molecule has 70 valence electrons. The molecule has 5 heteroatoms. The molecule has 0 aromatic carbocycles. The Morgan fingerprint density at radius 3 is 0.909 bits per heavy atom. The van der Waals surface area contributed by atoms with Crippen molar-refractivity contribution in [2.75, 3.05) is 0 Å². The number of hydrogen-bond donors (Lipinski definition) is 3. The summed E-state index contributed by atoms with van der Waals surface area (Å²) >= 11 is 0. The zero-order valence-corrected chi connectivity index (χ0v) is 7.42. The van der Waals surface area contributed by atoms with Gasteiger partial charge in [-0.1, -0.05) is 13.8 Å². The van der Waals surface area contributed by atoms with Crippen molar-refractivity contribution in [3.05, 3.63) is 0 Å². The average Bonchev–Trinajstić information content (AvgIpc) is 1.66. The highest BCUT2D eigenvalue weighted by Gasteiger charge is 1.65. The van der Waals surface area contributed by atoms with E-state index in [1.54, 1.807) is 0 Å². The lowest BCUT2D eigenvalue weighted by atomic mass is 10.9. The standard InChI is InChI=1S/2C2H4O2.C2H6.H3N/c2*1-2(3)4;1-2;/h2*1H3,(H,3,4);1-2H3;1H3. The molecule has 0 aromatic heterocycles. The smallest absolute Gasteiger partial charge is 0.300 e. The molecule has 0 radical (unpaired) electrons. The van der Waals surface area contributed by atoms with Crippen LogP contribution in [-0.4, -0.2) is 22.2 Å². The third kappa shape index (κ3) is 350. The van der Waals surface area contributed by atoms with Crippen molar-refractivity contribution in [3.63, 3.8) is 0 Å². The van der Waals surface area contributed by atoms with Gasteiger partial charge in [-0.2, -0.15) is 0 Å². The van der Waals surface area contributed by atoms with Gasteiger partial charge in [-0.15, -0.1) is 0 Å². The second-order valence-electron chi connectivity index (χ2n) is 1.04. The fourth-order valence-electron chi connectivity index (χ4n) is 0. The van der Waals surface area contributed by atoms with Crippen LogP contribution in [0.5, 0.6) is 0 Å². The lowest BCUT2D eigenvalue weighted by Crippen LogP contribution is -1.78. The molecule has 0 atom stereocenters. The van der Waals surface area contributed by atoms with Gasteiger partial charge < -0.3 is 16.4 Å². The first kappa shape index (κ1) is 22.5. The molecule has 5 nitrogen and oxygen atoms in total. The van der Waals surface area contributed by atoms with E-state index >= 15 is 0 Å². The van der Waals surface area contributed by atoms with Gasteiger partial charge in [0, 0.05) is 13.8 Å². The summed E-state index contributed by atoms with van der Waals surface area (Å²) in [5, 5.41) is 14.8. The number of carbonyl (C=O) groups is 2. The van der Waals surface area contributed by atoms with Crippen LogP contribution < -0.4 is 6.15 Å². The monoisotopic (exact) mass is 167 g/mol. The van der Waals surface area contributed by atoms with Gasteiger partial charge in [0.1, 0.15) is 0 Å². The van der Waals surface area contributed by atoms with E-state index < -0.39 is 11.9 Å². The van der Waals surface area contributed by atoms with Gasteiger partial charge in [0.05, 0.1) is 0 Å². The predicted molar refractivity (Wildman–Crippen MR) is 43.0 cm³/mol. The average molecular weight is 167 g/mol. The molecule has 0 saturated carbocycles. The van der Waals surface area contributed by atoms with Crippen LogP contribution in [0.1, 0.15) is 27.7 Å². The lowest BCUT2D eigenvalue weighted by molar-refractivity contribution is -0.135. The Bertz CT molecular complexity index is 72.6. The summed E-state index contributed by atoms with van der Waals surface area (Å²) in [6.07, 6.45) is 0. The molecule has 0 bridgehead atoms. The predicted octanol–water partition coefficient (Wildman–Crippen LogP) is 1.37. The topological polar surface area (TPSA) is 110 Å². The molecule has 0 spiro atoms. The van der Waals surface area contributed by atoms with E-state index in [2.05, 4.69) is 0 Å². The maximum Gasteiger partial charge on any atom is 0.300 e. The Hall–Kier alpha value is -1.10. The molecule has 0 aliphatic heterocycles. The molecule has 0 aromatic rings. The minimum atomic E-state index is -0.833. The van der Waals surface area contributed by atoms with Gasteiger partial charge in [-0.05, 0) is 0 Å². The summed E-state index contributed by atoms with van der Waals surface area (Å²) in [6.45, 7) is 6.17. The van der Waals surface area contributed by atoms with E-state index in [0.717, 1.165) is 13.8 Å². The highest BCUT2D eigenvalue weighted by Crippen LogP contribution is 1.42. The molecule has 0 heterocycles. The SMILES string of the molecule is CC.CC(=O)O.CC(=O)O.N. The zero-order chi connectivity index (χ0) is 9.15. The van der Waals surface area contributed by atoms with Gasteiger partial charge in [0.2, 0.25) is 0 Å². The minimum absolute atomic E-state index is 0. The zero-order valence-electron chi connectivity index (χ0n) is 7.42. The van der Waals surface area contributed by atoms with E-state index in [0.29, 0.717) is 0 Å². The van der Waals surface area contributed by atoms with Crippen LogP contribution in [0.4, 0.5) is 0 Å². The Morgan fingerprint density at radius 1 is 0.909 bits per heavy atom. The molecule has 0 fully saturated rings. The Labute approximate surface area is 66.6 Å². The van der Waals surface area contributed by atoms with E-state index in [1.807, 2.05) is 13.8 Å². The third-order valence-electron chi connectivity index (χ3n) is 0. The summed E-state index contributed by atoms with van der Waals surface area (Å²) in [4.78, 5) is 18.0. The van der Waals surface area contributed by atoms with E-state index in [9.17, 15) is 0 Å². The van der Waals surface area contributed by atoms with Crippen LogP contribution in [0, 0.1) is 0 Å². The maximum absolute atomic E-state index is 9.00. The van der Waals surface area contributed by atoms with Crippen LogP contribution in [0.2, 0.25) is 0 Å². The van der Waals surface area contributed by atoms with Crippen molar-refractivity contribution < 1.29 is 19.8 Å². The van der Waals surface area contributed by atoms with Crippen molar-refractivity contribution in [2.45, 2.75) is 27.7 Å². The van der Waals surface area contributed by atoms with Gasteiger partial charge in [-0.25, -0.2) is 0 Å². The van der Waals surface area contributed by atoms with Gasteiger partial charge in [-0.3, -0.25) is 9.59 Å². The quantitative estimate of drug-likeness (QED) is 0.504. The third-order valence-corrected chi connectivity index (χ3v) is 0. The summed E-state index contributed by atoms with van der Waals surface area (Å²) in [5.41, 5.74) is 0. The number of hydrogen-bond acceptors (Lipinski definition) is 3. The van der Waals surface area contributed by atoms with Crippen LogP contribution >= 0.6 is 0 Å². The largest absolute Gasteiger partial charge is 0.481 e. The Balaban J connectivity index is -0.0000000339. The first-order valence-corrected chi connectivity index (χ1v) is 2.86. The molecular weight excluding hydrogens is 150 g/mol. The van der Waals surface area contributed by atoms with E-state index in [1.165, 1.54) is 0 Å². The summed E-state index contributed by atoms with van der Waals surface area (Å²) in [5.74, 6) is -1.67. The van der Waals surface area contributed by atoms with Crippen LogP contribution in [0.25, 0.3) is 0 Å². The molecule has 0 aliphatic carbocycles. The van der Waals surface area contributed by atoms with Gasteiger partial charge in [0.25, 0.3) is 11.9 Å². The number of carboxylic acids is 2. The van der Waals surface area contributed by atoms with E-state index in [-0.39, 0.29) is 6.15 Å². The van der Waals surface area contributed by atoms with Gasteiger partial charge >= 0.3 is 0 Å². The van der Waals surface area contributed by atoms with E-state index in [4.69, 9.17) is 19.8 Å². The normalized spacial score (nSPS) is 5.09. The second-order valence-corrected chi connectivity index (χ2v) is 1.04. The van der Waals surface area contributed by atoms with Crippen molar-refractivity contribution >= 4 is 11.9 Å².